The number of thioether (sulfide) groups is 2. The van der Waals surface area contributed by atoms with Crippen molar-refractivity contribution in [3.8, 4) is 0 Å². The lowest BCUT2D eigenvalue weighted by molar-refractivity contribution is 0.684. The third-order valence-corrected chi connectivity index (χ3v) is 4.60. The second kappa shape index (κ2) is 6.40. The highest BCUT2D eigenvalue weighted by atomic mass is 32.2. The van der Waals surface area contributed by atoms with Crippen molar-refractivity contribution in [3.05, 3.63) is 18.3 Å². The Labute approximate surface area is 106 Å². The highest BCUT2D eigenvalue weighted by Crippen LogP contribution is 2.22. The van der Waals surface area contributed by atoms with Gasteiger partial charge in [0.15, 0.2) is 0 Å². The van der Waals surface area contributed by atoms with Crippen LogP contribution in [0.5, 0.6) is 0 Å². The van der Waals surface area contributed by atoms with Gasteiger partial charge in [0.05, 0.1) is 16.9 Å². The molecule has 1 fully saturated rings. The van der Waals surface area contributed by atoms with Crippen molar-refractivity contribution < 1.29 is 0 Å². The molecule has 0 radical (unpaired) electrons. The first-order valence-corrected chi connectivity index (χ1v) is 7.95. The van der Waals surface area contributed by atoms with E-state index in [9.17, 15) is 0 Å². The maximum Gasteiger partial charge on any atom is 0.0961 e. The summed E-state index contributed by atoms with van der Waals surface area (Å²) in [5, 5.41) is 4.67. The smallest absolute Gasteiger partial charge is 0.0961 e. The molecule has 1 aromatic heterocycles. The number of nitrogens with zero attached hydrogens (tertiary/aromatic N) is 1. The van der Waals surface area contributed by atoms with Gasteiger partial charge in [0, 0.05) is 11.8 Å². The van der Waals surface area contributed by atoms with E-state index in [0.29, 0.717) is 6.04 Å². The van der Waals surface area contributed by atoms with Crippen LogP contribution in [0.4, 0.5) is 5.69 Å². The number of anilines is 1. The molecule has 0 aliphatic carbocycles. The Morgan fingerprint density at radius 3 is 3.12 bits per heavy atom. The Bertz CT molecular complexity index is 307. The third kappa shape index (κ3) is 3.59. The number of hydrogen-bond donors (Lipinski definition) is 1. The largest absolute Gasteiger partial charge is 0.380 e. The first-order valence-electron chi connectivity index (χ1n) is 5.81. The third-order valence-electron chi connectivity index (χ3n) is 2.56. The SMILES string of the molecule is CCSc1ccc(NC2CCCSC2)cn1. The summed E-state index contributed by atoms with van der Waals surface area (Å²) < 4.78 is 0. The monoisotopic (exact) mass is 254 g/mol. The standard InChI is InChI=1S/C12H18N2S2/c1-2-16-12-6-5-10(8-13-12)14-11-4-3-7-15-9-11/h5-6,8,11,14H,2-4,7,9H2,1H3. The summed E-state index contributed by atoms with van der Waals surface area (Å²) in [6, 6.07) is 4.88. The van der Waals surface area contributed by atoms with E-state index in [1.807, 2.05) is 18.0 Å². The lowest BCUT2D eigenvalue weighted by atomic mass is 10.2. The fourth-order valence-electron chi connectivity index (χ4n) is 1.79. The van der Waals surface area contributed by atoms with Gasteiger partial charge in [-0.25, -0.2) is 4.98 Å². The van der Waals surface area contributed by atoms with Gasteiger partial charge < -0.3 is 5.32 Å². The molecule has 4 heteroatoms. The van der Waals surface area contributed by atoms with Crippen LogP contribution in [-0.2, 0) is 0 Å². The summed E-state index contributed by atoms with van der Waals surface area (Å²) in [7, 11) is 0. The second-order valence-corrected chi connectivity index (χ2v) is 6.31. The summed E-state index contributed by atoms with van der Waals surface area (Å²) in [6.07, 6.45) is 4.58. The number of rotatable bonds is 4. The molecule has 1 aliphatic heterocycles. The number of aromatic nitrogens is 1. The predicted molar refractivity (Wildman–Crippen MR) is 74.6 cm³/mol. The van der Waals surface area contributed by atoms with Crippen molar-refractivity contribution in [2.45, 2.75) is 30.8 Å². The minimum Gasteiger partial charge on any atom is -0.380 e. The fourth-order valence-corrected chi connectivity index (χ4v) is 3.45. The molecule has 1 aromatic rings. The van der Waals surface area contributed by atoms with Gasteiger partial charge in [0.1, 0.15) is 0 Å². The topological polar surface area (TPSA) is 24.9 Å². The zero-order valence-electron chi connectivity index (χ0n) is 9.61. The van der Waals surface area contributed by atoms with E-state index in [1.165, 1.54) is 24.3 Å². The normalized spacial score (nSPS) is 20.7. The summed E-state index contributed by atoms with van der Waals surface area (Å²) in [4.78, 5) is 4.43. The van der Waals surface area contributed by atoms with Crippen LogP contribution >= 0.6 is 23.5 Å². The zero-order valence-corrected chi connectivity index (χ0v) is 11.2. The molecule has 2 nitrogen and oxygen atoms in total. The van der Waals surface area contributed by atoms with Gasteiger partial charge in [0.2, 0.25) is 0 Å². The van der Waals surface area contributed by atoms with Crippen molar-refractivity contribution in [2.24, 2.45) is 0 Å². The quantitative estimate of drug-likeness (QED) is 0.831. The van der Waals surface area contributed by atoms with Crippen LogP contribution in [-0.4, -0.2) is 28.3 Å². The molecule has 1 unspecified atom stereocenters. The first kappa shape index (κ1) is 12.1. The molecule has 16 heavy (non-hydrogen) atoms. The molecule has 1 aliphatic rings. The van der Waals surface area contributed by atoms with Crippen molar-refractivity contribution in [1.29, 1.82) is 0 Å². The van der Waals surface area contributed by atoms with E-state index in [4.69, 9.17) is 0 Å². The minimum atomic E-state index is 0.630. The predicted octanol–water partition coefficient (Wildman–Crippen LogP) is 3.50. The molecular formula is C12H18N2S2. The van der Waals surface area contributed by atoms with Gasteiger partial charge in [-0.05, 0) is 36.5 Å². The summed E-state index contributed by atoms with van der Waals surface area (Å²) in [5.74, 6) is 3.63. The molecule has 0 amide bonds. The summed E-state index contributed by atoms with van der Waals surface area (Å²) >= 11 is 3.83. The second-order valence-electron chi connectivity index (χ2n) is 3.88. The van der Waals surface area contributed by atoms with Crippen molar-refractivity contribution >= 4 is 29.2 Å². The van der Waals surface area contributed by atoms with Crippen LogP contribution in [0, 0.1) is 0 Å². The Balaban J connectivity index is 1.88. The van der Waals surface area contributed by atoms with Crippen LogP contribution in [0.3, 0.4) is 0 Å². The molecule has 1 N–H and O–H groups in total. The number of pyridine rings is 1. The minimum absolute atomic E-state index is 0.630. The Morgan fingerprint density at radius 2 is 2.50 bits per heavy atom. The van der Waals surface area contributed by atoms with Gasteiger partial charge in [0.25, 0.3) is 0 Å². The molecule has 0 spiro atoms. The molecule has 0 aromatic carbocycles. The van der Waals surface area contributed by atoms with Gasteiger partial charge in [-0.3, -0.25) is 0 Å². The molecule has 2 rings (SSSR count). The van der Waals surface area contributed by atoms with E-state index < -0.39 is 0 Å². The Kier molecular flexibility index (Phi) is 4.85. The summed E-state index contributed by atoms with van der Waals surface area (Å²) in [6.45, 7) is 2.15. The van der Waals surface area contributed by atoms with Crippen LogP contribution in [0.25, 0.3) is 0 Å². The van der Waals surface area contributed by atoms with E-state index in [1.54, 1.807) is 11.8 Å². The zero-order chi connectivity index (χ0) is 11.2. The lowest BCUT2D eigenvalue weighted by Gasteiger charge is -2.23. The van der Waals surface area contributed by atoms with Crippen molar-refractivity contribution in [1.82, 2.24) is 4.98 Å². The van der Waals surface area contributed by atoms with Crippen molar-refractivity contribution in [2.75, 3.05) is 22.6 Å². The van der Waals surface area contributed by atoms with E-state index in [0.717, 1.165) is 16.5 Å². The summed E-state index contributed by atoms with van der Waals surface area (Å²) in [5.41, 5.74) is 1.16. The lowest BCUT2D eigenvalue weighted by Crippen LogP contribution is -2.25. The Morgan fingerprint density at radius 1 is 1.56 bits per heavy atom. The highest BCUT2D eigenvalue weighted by molar-refractivity contribution is 7.99. The van der Waals surface area contributed by atoms with Gasteiger partial charge >= 0.3 is 0 Å². The molecule has 1 saturated heterocycles. The van der Waals surface area contributed by atoms with Gasteiger partial charge in [-0.2, -0.15) is 11.8 Å². The van der Waals surface area contributed by atoms with Crippen LogP contribution in [0.1, 0.15) is 19.8 Å². The molecule has 0 bridgehead atoms. The first-order chi connectivity index (χ1) is 7.88. The molecule has 1 atom stereocenters. The van der Waals surface area contributed by atoms with E-state index >= 15 is 0 Å². The van der Waals surface area contributed by atoms with Crippen LogP contribution < -0.4 is 5.32 Å². The highest BCUT2D eigenvalue weighted by Gasteiger charge is 2.13. The molecular weight excluding hydrogens is 236 g/mol. The van der Waals surface area contributed by atoms with Crippen LogP contribution in [0.2, 0.25) is 0 Å². The fraction of sp³-hybridized carbons (Fsp3) is 0.583. The molecule has 88 valence electrons. The van der Waals surface area contributed by atoms with E-state index in [-0.39, 0.29) is 0 Å². The maximum atomic E-state index is 4.43. The number of hydrogen-bond acceptors (Lipinski definition) is 4. The average Bonchev–Trinajstić information content (AvgIpc) is 2.33. The van der Waals surface area contributed by atoms with Crippen LogP contribution in [0.15, 0.2) is 23.4 Å². The van der Waals surface area contributed by atoms with Gasteiger partial charge in [-0.1, -0.05) is 6.92 Å². The van der Waals surface area contributed by atoms with Crippen molar-refractivity contribution in [3.63, 3.8) is 0 Å². The van der Waals surface area contributed by atoms with E-state index in [2.05, 4.69) is 29.4 Å². The average molecular weight is 254 g/mol. The Hall–Kier alpha value is -0.350. The molecule has 0 saturated carbocycles. The van der Waals surface area contributed by atoms with Gasteiger partial charge in [-0.15, -0.1) is 11.8 Å². The number of nitrogens with one attached hydrogen (secondary N) is 1. The maximum absolute atomic E-state index is 4.43. The molecule has 2 heterocycles.